The fourth-order valence-electron chi connectivity index (χ4n) is 3.49. The smallest absolute Gasteiger partial charge is 0.258 e. The molecule has 0 fully saturated rings. The number of fused-ring (bicyclic) bond motifs is 2. The Hall–Kier alpha value is -2.61. The molecule has 0 spiro atoms. The minimum absolute atomic E-state index is 0.103. The molecule has 3 aromatic rings. The number of hydrogen-bond acceptors (Lipinski definition) is 1. The third-order valence-electron chi connectivity index (χ3n) is 4.62. The monoisotopic (exact) mass is 301 g/mol. The van der Waals surface area contributed by atoms with Crippen molar-refractivity contribution in [2.24, 2.45) is 0 Å². The van der Waals surface area contributed by atoms with Crippen LogP contribution in [0.1, 0.15) is 27.9 Å². The molecular formula is C21H19NO. The van der Waals surface area contributed by atoms with Gasteiger partial charge in [0, 0.05) is 17.8 Å². The third kappa shape index (κ3) is 2.40. The normalized spacial score (nSPS) is 13.9. The van der Waals surface area contributed by atoms with Gasteiger partial charge in [-0.25, -0.2) is 0 Å². The van der Waals surface area contributed by atoms with Gasteiger partial charge in [0.05, 0.1) is 0 Å². The molecule has 1 heterocycles. The zero-order chi connectivity index (χ0) is 15.8. The standard InChI is InChI=1S/C21H19NO/c1-15-11-12-20-17(14-15)8-5-13-22(20)21(23)19-10-4-7-16-6-2-3-9-18(16)19/h2-4,6-7,9-12,14H,5,8,13H2,1H3. The van der Waals surface area contributed by atoms with Crippen LogP contribution in [0, 0.1) is 6.92 Å². The Morgan fingerprint density at radius 3 is 2.74 bits per heavy atom. The number of amides is 1. The summed E-state index contributed by atoms with van der Waals surface area (Å²) in [7, 11) is 0. The van der Waals surface area contributed by atoms with E-state index >= 15 is 0 Å². The molecular weight excluding hydrogens is 282 g/mol. The van der Waals surface area contributed by atoms with Crippen LogP contribution < -0.4 is 4.90 Å². The molecule has 23 heavy (non-hydrogen) atoms. The van der Waals surface area contributed by atoms with Crippen LogP contribution in [-0.2, 0) is 6.42 Å². The van der Waals surface area contributed by atoms with Crippen molar-refractivity contribution in [2.75, 3.05) is 11.4 Å². The lowest BCUT2D eigenvalue weighted by Gasteiger charge is -2.30. The number of benzene rings is 3. The van der Waals surface area contributed by atoms with Crippen LogP contribution in [0.3, 0.4) is 0 Å². The highest BCUT2D eigenvalue weighted by Crippen LogP contribution is 2.30. The van der Waals surface area contributed by atoms with Crippen molar-refractivity contribution < 1.29 is 4.79 Å². The van der Waals surface area contributed by atoms with E-state index in [1.807, 2.05) is 35.2 Å². The molecule has 0 unspecified atom stereocenters. The Morgan fingerprint density at radius 2 is 1.83 bits per heavy atom. The Balaban J connectivity index is 1.81. The largest absolute Gasteiger partial charge is 0.308 e. The maximum atomic E-state index is 13.2. The quantitative estimate of drug-likeness (QED) is 0.635. The molecule has 114 valence electrons. The molecule has 0 N–H and O–H groups in total. The minimum atomic E-state index is 0.103. The lowest BCUT2D eigenvalue weighted by molar-refractivity contribution is 0.0986. The summed E-state index contributed by atoms with van der Waals surface area (Å²) in [4.78, 5) is 15.1. The minimum Gasteiger partial charge on any atom is -0.308 e. The molecule has 2 nitrogen and oxygen atoms in total. The predicted molar refractivity (Wildman–Crippen MR) is 95.1 cm³/mol. The molecule has 0 bridgehead atoms. The summed E-state index contributed by atoms with van der Waals surface area (Å²) in [5.41, 5.74) is 4.39. The van der Waals surface area contributed by atoms with Crippen LogP contribution in [0.15, 0.2) is 60.7 Å². The first-order valence-corrected chi connectivity index (χ1v) is 8.13. The zero-order valence-electron chi connectivity index (χ0n) is 13.3. The van der Waals surface area contributed by atoms with E-state index in [0.717, 1.165) is 41.4 Å². The van der Waals surface area contributed by atoms with Crippen molar-refractivity contribution in [2.45, 2.75) is 19.8 Å². The molecule has 3 aromatic carbocycles. The number of hydrogen-bond donors (Lipinski definition) is 0. The average molecular weight is 301 g/mol. The van der Waals surface area contributed by atoms with Crippen molar-refractivity contribution in [3.8, 4) is 0 Å². The Kier molecular flexibility index (Phi) is 3.38. The SMILES string of the molecule is Cc1ccc2c(c1)CCCN2C(=O)c1cccc2ccccc12. The zero-order valence-corrected chi connectivity index (χ0v) is 13.3. The Morgan fingerprint density at radius 1 is 1.00 bits per heavy atom. The van der Waals surface area contributed by atoms with E-state index in [2.05, 4.69) is 37.3 Å². The van der Waals surface area contributed by atoms with Crippen LogP contribution in [0.4, 0.5) is 5.69 Å². The summed E-state index contributed by atoms with van der Waals surface area (Å²) in [6.07, 6.45) is 2.07. The second-order valence-corrected chi connectivity index (χ2v) is 6.22. The van der Waals surface area contributed by atoms with Crippen molar-refractivity contribution in [1.29, 1.82) is 0 Å². The van der Waals surface area contributed by atoms with Crippen LogP contribution in [0.25, 0.3) is 10.8 Å². The molecule has 0 radical (unpaired) electrons. The predicted octanol–water partition coefficient (Wildman–Crippen LogP) is 4.74. The molecule has 1 aliphatic heterocycles. The van der Waals surface area contributed by atoms with Gasteiger partial charge in [-0.05, 0) is 48.2 Å². The first kappa shape index (κ1) is 14.0. The summed E-state index contributed by atoms with van der Waals surface area (Å²) in [6, 6.07) is 20.4. The van der Waals surface area contributed by atoms with Gasteiger partial charge in [-0.3, -0.25) is 4.79 Å². The van der Waals surface area contributed by atoms with Crippen LogP contribution in [0.5, 0.6) is 0 Å². The van der Waals surface area contributed by atoms with Gasteiger partial charge in [0.2, 0.25) is 0 Å². The van der Waals surface area contributed by atoms with Gasteiger partial charge in [0.1, 0.15) is 0 Å². The van der Waals surface area contributed by atoms with Gasteiger partial charge < -0.3 is 4.90 Å². The van der Waals surface area contributed by atoms with Gasteiger partial charge in [-0.15, -0.1) is 0 Å². The fraction of sp³-hybridized carbons (Fsp3) is 0.190. The molecule has 2 heteroatoms. The Bertz CT molecular complexity index is 892. The number of carbonyl (C=O) groups excluding carboxylic acids is 1. The highest BCUT2D eigenvalue weighted by Gasteiger charge is 2.24. The van der Waals surface area contributed by atoms with Crippen LogP contribution in [-0.4, -0.2) is 12.5 Å². The lowest BCUT2D eigenvalue weighted by Crippen LogP contribution is -2.35. The number of rotatable bonds is 1. The second kappa shape index (κ2) is 5.54. The first-order valence-electron chi connectivity index (χ1n) is 8.13. The van der Waals surface area contributed by atoms with E-state index in [1.165, 1.54) is 11.1 Å². The lowest BCUT2D eigenvalue weighted by atomic mass is 9.97. The molecule has 1 amide bonds. The first-order chi connectivity index (χ1) is 11.2. The molecule has 4 rings (SSSR count). The third-order valence-corrected chi connectivity index (χ3v) is 4.62. The molecule has 0 atom stereocenters. The van der Waals surface area contributed by atoms with Crippen molar-refractivity contribution in [1.82, 2.24) is 0 Å². The fourth-order valence-corrected chi connectivity index (χ4v) is 3.49. The molecule has 0 saturated carbocycles. The van der Waals surface area contributed by atoms with Gasteiger partial charge in [0.15, 0.2) is 0 Å². The number of nitrogens with zero attached hydrogens (tertiary/aromatic N) is 1. The molecule has 0 aromatic heterocycles. The molecule has 0 saturated heterocycles. The molecule has 0 aliphatic carbocycles. The highest BCUT2D eigenvalue weighted by atomic mass is 16.2. The van der Waals surface area contributed by atoms with E-state index in [0.29, 0.717) is 0 Å². The second-order valence-electron chi connectivity index (χ2n) is 6.22. The van der Waals surface area contributed by atoms with Crippen LogP contribution >= 0.6 is 0 Å². The van der Waals surface area contributed by atoms with Gasteiger partial charge in [0.25, 0.3) is 5.91 Å². The van der Waals surface area contributed by atoms with E-state index < -0.39 is 0 Å². The van der Waals surface area contributed by atoms with Gasteiger partial charge in [-0.1, -0.05) is 54.1 Å². The summed E-state index contributed by atoms with van der Waals surface area (Å²) in [5.74, 6) is 0.103. The summed E-state index contributed by atoms with van der Waals surface area (Å²) in [5, 5.41) is 2.14. The van der Waals surface area contributed by atoms with Gasteiger partial charge in [-0.2, -0.15) is 0 Å². The maximum Gasteiger partial charge on any atom is 0.258 e. The van der Waals surface area contributed by atoms with E-state index in [1.54, 1.807) is 0 Å². The summed E-state index contributed by atoms with van der Waals surface area (Å²) < 4.78 is 0. The van der Waals surface area contributed by atoms with E-state index in [-0.39, 0.29) is 5.91 Å². The highest BCUT2D eigenvalue weighted by molar-refractivity contribution is 6.14. The number of carbonyl (C=O) groups is 1. The van der Waals surface area contributed by atoms with Crippen molar-refractivity contribution in [3.05, 3.63) is 77.4 Å². The summed E-state index contributed by atoms with van der Waals surface area (Å²) >= 11 is 0. The van der Waals surface area contributed by atoms with E-state index in [4.69, 9.17) is 0 Å². The number of aryl methyl sites for hydroxylation is 2. The topological polar surface area (TPSA) is 20.3 Å². The van der Waals surface area contributed by atoms with Crippen molar-refractivity contribution >= 4 is 22.4 Å². The summed E-state index contributed by atoms with van der Waals surface area (Å²) in [6.45, 7) is 2.89. The van der Waals surface area contributed by atoms with Crippen molar-refractivity contribution in [3.63, 3.8) is 0 Å². The average Bonchev–Trinajstić information content (AvgIpc) is 2.60. The Labute approximate surface area is 136 Å². The van der Waals surface area contributed by atoms with Crippen LogP contribution in [0.2, 0.25) is 0 Å². The number of anilines is 1. The maximum absolute atomic E-state index is 13.2. The van der Waals surface area contributed by atoms with E-state index in [9.17, 15) is 4.79 Å². The molecule has 1 aliphatic rings. The van der Waals surface area contributed by atoms with Gasteiger partial charge >= 0.3 is 0 Å².